The molecule has 0 atom stereocenters. The highest BCUT2D eigenvalue weighted by atomic mass is 16.4. The van der Waals surface area contributed by atoms with Crippen LogP contribution in [-0.4, -0.2) is 35.6 Å². The summed E-state index contributed by atoms with van der Waals surface area (Å²) in [7, 11) is 0. The average Bonchev–Trinajstić information content (AvgIpc) is 2.87. The van der Waals surface area contributed by atoms with Crippen LogP contribution in [0.3, 0.4) is 0 Å². The highest BCUT2D eigenvalue weighted by molar-refractivity contribution is 5.88. The van der Waals surface area contributed by atoms with Crippen LogP contribution in [0.1, 0.15) is 41.8 Å². The predicted molar refractivity (Wildman–Crippen MR) is 63.4 cm³/mol. The van der Waals surface area contributed by atoms with E-state index in [1.807, 2.05) is 13.8 Å². The molecule has 0 saturated carbocycles. The van der Waals surface area contributed by atoms with Crippen molar-refractivity contribution in [3.05, 3.63) is 29.6 Å². The first-order valence-electron chi connectivity index (χ1n) is 5.64. The van der Waals surface area contributed by atoms with E-state index < -0.39 is 5.97 Å². The van der Waals surface area contributed by atoms with Crippen molar-refractivity contribution in [1.82, 2.24) is 24.5 Å². The van der Waals surface area contributed by atoms with E-state index in [4.69, 9.17) is 5.11 Å². The first-order valence-corrected chi connectivity index (χ1v) is 5.64. The maximum atomic E-state index is 10.9. The van der Waals surface area contributed by atoms with Crippen molar-refractivity contribution < 1.29 is 9.90 Å². The Hall–Kier alpha value is -2.18. The Morgan fingerprint density at radius 3 is 2.72 bits per heavy atom. The normalized spacial score (nSPS) is 11.1. The van der Waals surface area contributed by atoms with Crippen molar-refractivity contribution in [2.24, 2.45) is 0 Å². The lowest BCUT2D eigenvalue weighted by Crippen LogP contribution is -2.14. The molecule has 2 aromatic heterocycles. The molecule has 2 aromatic rings. The summed E-state index contributed by atoms with van der Waals surface area (Å²) >= 11 is 0. The number of rotatable bonds is 4. The fourth-order valence-corrected chi connectivity index (χ4v) is 1.77. The van der Waals surface area contributed by atoms with Crippen LogP contribution in [0, 0.1) is 6.92 Å². The maximum Gasteiger partial charge on any atom is 0.339 e. The van der Waals surface area contributed by atoms with Crippen LogP contribution in [-0.2, 0) is 6.54 Å². The lowest BCUT2D eigenvalue weighted by atomic mass is 10.3. The van der Waals surface area contributed by atoms with E-state index in [-0.39, 0.29) is 11.6 Å². The van der Waals surface area contributed by atoms with Gasteiger partial charge in [-0.1, -0.05) is 0 Å². The quantitative estimate of drug-likeness (QED) is 0.877. The number of nitrogens with zero attached hydrogens (tertiary/aromatic N) is 5. The summed E-state index contributed by atoms with van der Waals surface area (Å²) in [6.45, 7) is 6.16. The lowest BCUT2D eigenvalue weighted by Gasteiger charge is -2.10. The number of hydrogen-bond donors (Lipinski definition) is 1. The van der Waals surface area contributed by atoms with Crippen LogP contribution in [0.15, 0.2) is 12.5 Å². The fraction of sp³-hybridized carbons (Fsp3) is 0.455. The standard InChI is InChI=1S/C11H15N5O2/c1-7(2)16-10(12-6-14-16)5-15-8(3)9(4-13-15)11(17)18/h4,6-7H,5H2,1-3H3,(H,17,18). The molecule has 0 saturated heterocycles. The van der Waals surface area contributed by atoms with Gasteiger partial charge in [0.15, 0.2) is 0 Å². The van der Waals surface area contributed by atoms with Gasteiger partial charge in [-0.05, 0) is 20.8 Å². The molecule has 96 valence electrons. The van der Waals surface area contributed by atoms with Crippen LogP contribution >= 0.6 is 0 Å². The minimum Gasteiger partial charge on any atom is -0.478 e. The Balaban J connectivity index is 2.29. The molecular formula is C11H15N5O2. The van der Waals surface area contributed by atoms with Crippen molar-refractivity contribution in [2.75, 3.05) is 0 Å². The molecule has 0 aliphatic carbocycles. The van der Waals surface area contributed by atoms with Crippen molar-refractivity contribution in [1.29, 1.82) is 0 Å². The van der Waals surface area contributed by atoms with Gasteiger partial charge in [0.25, 0.3) is 0 Å². The Kier molecular flexibility index (Phi) is 3.14. The Morgan fingerprint density at radius 1 is 1.44 bits per heavy atom. The number of carboxylic acids is 1. The maximum absolute atomic E-state index is 10.9. The highest BCUT2D eigenvalue weighted by Crippen LogP contribution is 2.11. The van der Waals surface area contributed by atoms with Crippen LogP contribution in [0.2, 0.25) is 0 Å². The second-order valence-electron chi connectivity index (χ2n) is 4.32. The Labute approximate surface area is 104 Å². The molecular weight excluding hydrogens is 234 g/mol. The topological polar surface area (TPSA) is 85.8 Å². The van der Waals surface area contributed by atoms with Crippen molar-refractivity contribution >= 4 is 5.97 Å². The van der Waals surface area contributed by atoms with Gasteiger partial charge in [0, 0.05) is 6.04 Å². The summed E-state index contributed by atoms with van der Waals surface area (Å²) in [6.07, 6.45) is 2.85. The van der Waals surface area contributed by atoms with Gasteiger partial charge in [0.05, 0.1) is 11.9 Å². The van der Waals surface area contributed by atoms with Gasteiger partial charge in [-0.25, -0.2) is 14.5 Å². The van der Waals surface area contributed by atoms with Crippen LogP contribution in [0.25, 0.3) is 0 Å². The first kappa shape index (κ1) is 12.3. The van der Waals surface area contributed by atoms with Crippen molar-refractivity contribution in [3.8, 4) is 0 Å². The van der Waals surface area contributed by atoms with Crippen molar-refractivity contribution in [3.63, 3.8) is 0 Å². The van der Waals surface area contributed by atoms with E-state index in [9.17, 15) is 4.79 Å². The van der Waals surface area contributed by atoms with E-state index in [0.717, 1.165) is 5.82 Å². The third-order valence-electron chi connectivity index (χ3n) is 2.76. The molecule has 0 aliphatic rings. The summed E-state index contributed by atoms with van der Waals surface area (Å²) in [5.74, 6) is -0.211. The van der Waals surface area contributed by atoms with E-state index in [0.29, 0.717) is 12.2 Å². The van der Waals surface area contributed by atoms with E-state index >= 15 is 0 Å². The van der Waals surface area contributed by atoms with Gasteiger partial charge in [0.2, 0.25) is 0 Å². The number of carbonyl (C=O) groups is 1. The third kappa shape index (κ3) is 2.11. The number of aromatic carboxylic acids is 1. The predicted octanol–water partition coefficient (Wildman–Crippen LogP) is 1.11. The number of aromatic nitrogens is 5. The zero-order valence-corrected chi connectivity index (χ0v) is 10.5. The molecule has 0 aliphatic heterocycles. The number of hydrogen-bond acceptors (Lipinski definition) is 4. The molecule has 2 rings (SSSR count). The Bertz CT molecular complexity index is 570. The van der Waals surface area contributed by atoms with Gasteiger partial charge in [-0.3, -0.25) is 4.68 Å². The highest BCUT2D eigenvalue weighted by Gasteiger charge is 2.15. The smallest absolute Gasteiger partial charge is 0.339 e. The average molecular weight is 249 g/mol. The van der Waals surface area contributed by atoms with E-state index in [1.54, 1.807) is 16.3 Å². The Morgan fingerprint density at radius 2 is 2.17 bits per heavy atom. The summed E-state index contributed by atoms with van der Waals surface area (Å²) in [5.41, 5.74) is 0.825. The number of carboxylic acid groups (broad SMARTS) is 1. The molecule has 0 aromatic carbocycles. The molecule has 0 radical (unpaired) electrons. The molecule has 7 heteroatoms. The van der Waals surface area contributed by atoms with E-state index in [2.05, 4.69) is 15.2 Å². The van der Waals surface area contributed by atoms with Crippen LogP contribution in [0.5, 0.6) is 0 Å². The SMILES string of the molecule is Cc1c(C(=O)O)cnn1Cc1ncnn1C(C)C. The summed E-state index contributed by atoms with van der Waals surface area (Å²) in [6, 6.07) is 0.206. The summed E-state index contributed by atoms with van der Waals surface area (Å²) in [5, 5.41) is 17.2. The molecule has 0 fully saturated rings. The minimum atomic E-state index is -0.968. The third-order valence-corrected chi connectivity index (χ3v) is 2.76. The molecule has 0 amide bonds. The molecule has 0 bridgehead atoms. The first-order chi connectivity index (χ1) is 8.50. The van der Waals surface area contributed by atoms with Crippen LogP contribution < -0.4 is 0 Å². The van der Waals surface area contributed by atoms with Gasteiger partial charge in [0.1, 0.15) is 24.3 Å². The molecule has 7 nitrogen and oxygen atoms in total. The fourth-order valence-electron chi connectivity index (χ4n) is 1.77. The molecule has 0 spiro atoms. The molecule has 18 heavy (non-hydrogen) atoms. The summed E-state index contributed by atoms with van der Waals surface area (Å²) < 4.78 is 3.41. The lowest BCUT2D eigenvalue weighted by molar-refractivity contribution is 0.0696. The van der Waals surface area contributed by atoms with Crippen molar-refractivity contribution in [2.45, 2.75) is 33.4 Å². The molecule has 0 unspecified atom stereocenters. The zero-order valence-electron chi connectivity index (χ0n) is 10.5. The minimum absolute atomic E-state index is 0.206. The van der Waals surface area contributed by atoms with Gasteiger partial charge in [-0.15, -0.1) is 0 Å². The summed E-state index contributed by atoms with van der Waals surface area (Å²) in [4.78, 5) is 15.1. The van der Waals surface area contributed by atoms with Crippen LogP contribution in [0.4, 0.5) is 0 Å². The monoisotopic (exact) mass is 249 g/mol. The van der Waals surface area contributed by atoms with Gasteiger partial charge < -0.3 is 5.11 Å². The molecule has 2 heterocycles. The second kappa shape index (κ2) is 4.59. The van der Waals surface area contributed by atoms with Gasteiger partial charge in [-0.2, -0.15) is 10.2 Å². The second-order valence-corrected chi connectivity index (χ2v) is 4.32. The molecule has 1 N–H and O–H groups in total. The van der Waals surface area contributed by atoms with Gasteiger partial charge >= 0.3 is 5.97 Å². The van der Waals surface area contributed by atoms with E-state index in [1.165, 1.54) is 12.5 Å². The largest absolute Gasteiger partial charge is 0.478 e. The zero-order chi connectivity index (χ0) is 13.3.